The van der Waals surface area contributed by atoms with Crippen molar-refractivity contribution in [2.45, 2.75) is 59.4 Å². The first-order chi connectivity index (χ1) is 10.2. The fraction of sp³-hybridized carbons (Fsp3) is 0.722. The topological polar surface area (TPSA) is 28.2 Å². The van der Waals surface area contributed by atoms with Crippen LogP contribution in [0.4, 0.5) is 5.82 Å². The molecule has 118 valence electrons. The molecule has 1 aliphatic rings. The van der Waals surface area contributed by atoms with E-state index in [1.807, 2.05) is 6.20 Å². The molecule has 1 N–H and O–H groups in total. The highest BCUT2D eigenvalue weighted by atomic mass is 15.2. The fourth-order valence-corrected chi connectivity index (χ4v) is 3.29. The van der Waals surface area contributed by atoms with Gasteiger partial charge in [-0.1, -0.05) is 39.7 Å². The van der Waals surface area contributed by atoms with Gasteiger partial charge in [-0.25, -0.2) is 4.98 Å². The summed E-state index contributed by atoms with van der Waals surface area (Å²) in [7, 11) is 0. The number of piperidine rings is 1. The molecule has 0 aromatic carbocycles. The minimum atomic E-state index is 0.584. The first-order valence-corrected chi connectivity index (χ1v) is 8.63. The van der Waals surface area contributed by atoms with Gasteiger partial charge in [0.2, 0.25) is 0 Å². The molecule has 1 aliphatic heterocycles. The molecule has 3 heteroatoms. The second-order valence-electron chi connectivity index (χ2n) is 6.40. The minimum absolute atomic E-state index is 0.584. The SMILES string of the molecule is CCCNCc1ccc(N2CCC(CC)(CC)CC2)nc1. The van der Waals surface area contributed by atoms with Gasteiger partial charge < -0.3 is 10.2 Å². The number of rotatable bonds is 7. The van der Waals surface area contributed by atoms with Crippen molar-refractivity contribution in [1.82, 2.24) is 10.3 Å². The van der Waals surface area contributed by atoms with Crippen molar-refractivity contribution in [1.29, 1.82) is 0 Å². The van der Waals surface area contributed by atoms with Crippen molar-refractivity contribution in [2.24, 2.45) is 5.41 Å². The zero-order chi connectivity index (χ0) is 15.1. The number of nitrogens with zero attached hydrogens (tertiary/aromatic N) is 2. The Kier molecular flexibility index (Phi) is 6.04. The lowest BCUT2D eigenvalue weighted by Crippen LogP contribution is -2.40. The third-order valence-corrected chi connectivity index (χ3v) is 5.21. The predicted molar refractivity (Wildman–Crippen MR) is 90.7 cm³/mol. The van der Waals surface area contributed by atoms with Crippen LogP contribution in [0.25, 0.3) is 0 Å². The van der Waals surface area contributed by atoms with Crippen LogP contribution in [0, 0.1) is 5.41 Å². The molecule has 0 atom stereocenters. The fourth-order valence-electron chi connectivity index (χ4n) is 3.29. The van der Waals surface area contributed by atoms with E-state index < -0.39 is 0 Å². The van der Waals surface area contributed by atoms with Crippen LogP contribution in [-0.4, -0.2) is 24.6 Å². The van der Waals surface area contributed by atoms with E-state index in [0.29, 0.717) is 5.41 Å². The van der Waals surface area contributed by atoms with Gasteiger partial charge in [0.15, 0.2) is 0 Å². The van der Waals surface area contributed by atoms with Gasteiger partial charge in [0.05, 0.1) is 0 Å². The van der Waals surface area contributed by atoms with Crippen LogP contribution >= 0.6 is 0 Å². The molecule has 0 aliphatic carbocycles. The zero-order valence-electron chi connectivity index (χ0n) is 14.0. The van der Waals surface area contributed by atoms with Crippen LogP contribution in [0.5, 0.6) is 0 Å². The summed E-state index contributed by atoms with van der Waals surface area (Å²) in [5.74, 6) is 1.15. The van der Waals surface area contributed by atoms with E-state index in [0.717, 1.165) is 32.0 Å². The highest BCUT2D eigenvalue weighted by Crippen LogP contribution is 2.38. The van der Waals surface area contributed by atoms with Crippen LogP contribution in [-0.2, 0) is 6.54 Å². The van der Waals surface area contributed by atoms with Gasteiger partial charge in [0, 0.05) is 25.8 Å². The van der Waals surface area contributed by atoms with Crippen molar-refractivity contribution < 1.29 is 0 Å². The Morgan fingerprint density at radius 2 is 1.86 bits per heavy atom. The number of nitrogens with one attached hydrogen (secondary N) is 1. The Bertz CT molecular complexity index is 399. The standard InChI is InChI=1S/C18H31N3/c1-4-11-19-14-16-7-8-17(20-15-16)21-12-9-18(5-2,6-3)10-13-21/h7-8,15,19H,4-6,9-14H2,1-3H3. The lowest BCUT2D eigenvalue weighted by Gasteiger charge is -2.41. The van der Waals surface area contributed by atoms with E-state index in [1.165, 1.54) is 37.7 Å². The lowest BCUT2D eigenvalue weighted by molar-refractivity contribution is 0.199. The van der Waals surface area contributed by atoms with Crippen LogP contribution < -0.4 is 10.2 Å². The van der Waals surface area contributed by atoms with E-state index in [9.17, 15) is 0 Å². The van der Waals surface area contributed by atoms with Gasteiger partial charge in [0.1, 0.15) is 5.82 Å². The molecule has 0 spiro atoms. The maximum absolute atomic E-state index is 4.67. The van der Waals surface area contributed by atoms with E-state index in [4.69, 9.17) is 0 Å². The summed E-state index contributed by atoms with van der Waals surface area (Å²) in [6.45, 7) is 11.2. The molecule has 1 fully saturated rings. The summed E-state index contributed by atoms with van der Waals surface area (Å²) in [6, 6.07) is 4.40. The van der Waals surface area contributed by atoms with Gasteiger partial charge in [-0.3, -0.25) is 0 Å². The summed E-state index contributed by atoms with van der Waals surface area (Å²) in [5.41, 5.74) is 1.86. The summed E-state index contributed by atoms with van der Waals surface area (Å²) < 4.78 is 0. The molecule has 2 rings (SSSR count). The molecule has 1 aromatic rings. The molecular weight excluding hydrogens is 258 g/mol. The summed E-state index contributed by atoms with van der Waals surface area (Å²) >= 11 is 0. The van der Waals surface area contributed by atoms with Crippen molar-refractivity contribution in [3.05, 3.63) is 23.9 Å². The van der Waals surface area contributed by atoms with Gasteiger partial charge in [-0.05, 0) is 42.9 Å². The summed E-state index contributed by atoms with van der Waals surface area (Å²) in [6.07, 6.45) is 8.44. The normalized spacial score (nSPS) is 18.0. The monoisotopic (exact) mass is 289 g/mol. The maximum atomic E-state index is 4.67. The first-order valence-electron chi connectivity index (χ1n) is 8.63. The Hall–Kier alpha value is -1.09. The number of pyridine rings is 1. The smallest absolute Gasteiger partial charge is 0.128 e. The molecule has 3 nitrogen and oxygen atoms in total. The number of anilines is 1. The van der Waals surface area contributed by atoms with Crippen LogP contribution in [0.1, 0.15) is 58.4 Å². The largest absolute Gasteiger partial charge is 0.357 e. The summed E-state index contributed by atoms with van der Waals surface area (Å²) in [5, 5.41) is 3.42. The molecule has 2 heterocycles. The average molecular weight is 289 g/mol. The second kappa shape index (κ2) is 7.79. The number of hydrogen-bond acceptors (Lipinski definition) is 3. The minimum Gasteiger partial charge on any atom is -0.357 e. The third-order valence-electron chi connectivity index (χ3n) is 5.21. The van der Waals surface area contributed by atoms with Crippen molar-refractivity contribution in [3.8, 4) is 0 Å². The molecule has 0 unspecified atom stereocenters. The quantitative estimate of drug-likeness (QED) is 0.769. The van der Waals surface area contributed by atoms with Crippen molar-refractivity contribution in [3.63, 3.8) is 0 Å². The Morgan fingerprint density at radius 3 is 2.38 bits per heavy atom. The van der Waals surface area contributed by atoms with E-state index >= 15 is 0 Å². The highest BCUT2D eigenvalue weighted by Gasteiger charge is 2.31. The molecule has 21 heavy (non-hydrogen) atoms. The van der Waals surface area contributed by atoms with Gasteiger partial charge in [-0.15, -0.1) is 0 Å². The molecule has 0 bridgehead atoms. The third kappa shape index (κ3) is 4.19. The molecular formula is C18H31N3. The Labute approximate surface area is 130 Å². The Balaban J connectivity index is 1.89. The Morgan fingerprint density at radius 1 is 1.14 bits per heavy atom. The number of hydrogen-bond donors (Lipinski definition) is 1. The molecule has 0 radical (unpaired) electrons. The second-order valence-corrected chi connectivity index (χ2v) is 6.40. The van der Waals surface area contributed by atoms with Crippen LogP contribution in [0.15, 0.2) is 18.3 Å². The maximum Gasteiger partial charge on any atom is 0.128 e. The predicted octanol–water partition coefficient (Wildman–Crippen LogP) is 3.99. The molecule has 1 aromatic heterocycles. The van der Waals surface area contributed by atoms with E-state index in [1.54, 1.807) is 0 Å². The van der Waals surface area contributed by atoms with Gasteiger partial charge in [0.25, 0.3) is 0 Å². The molecule has 0 amide bonds. The highest BCUT2D eigenvalue weighted by molar-refractivity contribution is 5.40. The van der Waals surface area contributed by atoms with Crippen molar-refractivity contribution >= 4 is 5.82 Å². The van der Waals surface area contributed by atoms with E-state index in [2.05, 4.69) is 48.1 Å². The molecule has 1 saturated heterocycles. The molecule has 0 saturated carbocycles. The lowest BCUT2D eigenvalue weighted by atomic mass is 9.74. The van der Waals surface area contributed by atoms with Gasteiger partial charge in [-0.2, -0.15) is 0 Å². The van der Waals surface area contributed by atoms with E-state index in [-0.39, 0.29) is 0 Å². The van der Waals surface area contributed by atoms with Crippen LogP contribution in [0.2, 0.25) is 0 Å². The van der Waals surface area contributed by atoms with Crippen LogP contribution in [0.3, 0.4) is 0 Å². The first kappa shape index (κ1) is 16.3. The van der Waals surface area contributed by atoms with Gasteiger partial charge >= 0.3 is 0 Å². The number of aromatic nitrogens is 1. The summed E-state index contributed by atoms with van der Waals surface area (Å²) in [4.78, 5) is 7.12. The van der Waals surface area contributed by atoms with Crippen molar-refractivity contribution in [2.75, 3.05) is 24.5 Å². The zero-order valence-corrected chi connectivity index (χ0v) is 14.0. The average Bonchev–Trinajstić information content (AvgIpc) is 2.56.